The number of hydrogen-bond donors (Lipinski definition) is 0. The maximum Gasteiger partial charge on any atom is 0.182 e. The molecule has 0 aliphatic rings. The van der Waals surface area contributed by atoms with E-state index in [-0.39, 0.29) is 12.3 Å². The molecule has 2 aromatic carbocycles. The van der Waals surface area contributed by atoms with Crippen molar-refractivity contribution in [3.05, 3.63) is 72.8 Å². The molecular formula is C17H14N2O. The van der Waals surface area contributed by atoms with E-state index in [0.29, 0.717) is 11.4 Å². The van der Waals surface area contributed by atoms with Crippen LogP contribution in [-0.4, -0.2) is 15.3 Å². The molecule has 0 bridgehead atoms. The van der Waals surface area contributed by atoms with E-state index in [2.05, 4.69) is 11.6 Å². The summed E-state index contributed by atoms with van der Waals surface area (Å²) in [5, 5.41) is 2.21. The summed E-state index contributed by atoms with van der Waals surface area (Å²) < 4.78 is 1.80. The van der Waals surface area contributed by atoms with Gasteiger partial charge in [-0.25, -0.2) is 4.98 Å². The number of ketones is 1. The van der Waals surface area contributed by atoms with Crippen LogP contribution in [0.1, 0.15) is 16.2 Å². The van der Waals surface area contributed by atoms with Crippen LogP contribution in [0.5, 0.6) is 0 Å². The molecule has 3 aromatic rings. The Bertz CT molecular complexity index is 786. The number of nitrogens with zero attached hydrogens (tertiary/aromatic N) is 2. The quantitative estimate of drug-likeness (QED) is 0.674. The van der Waals surface area contributed by atoms with Crippen LogP contribution in [0.3, 0.4) is 0 Å². The molecule has 0 amide bonds. The Morgan fingerprint density at radius 2 is 2.00 bits per heavy atom. The van der Waals surface area contributed by atoms with Gasteiger partial charge in [-0.15, -0.1) is 0 Å². The van der Waals surface area contributed by atoms with E-state index in [0.717, 1.165) is 10.8 Å². The standard InChI is InChI=1S/C17H14N2O/c1-2-17-18-9-10-19(17)12-16(20)15-8-7-13-5-3-4-6-14(13)11-15/h2-11H,1,12H2. The smallest absolute Gasteiger partial charge is 0.182 e. The molecule has 1 aromatic heterocycles. The van der Waals surface area contributed by atoms with Crippen molar-refractivity contribution in [2.45, 2.75) is 6.54 Å². The van der Waals surface area contributed by atoms with E-state index >= 15 is 0 Å². The van der Waals surface area contributed by atoms with E-state index in [1.807, 2.05) is 42.5 Å². The fourth-order valence-corrected chi connectivity index (χ4v) is 2.25. The van der Waals surface area contributed by atoms with Crippen molar-refractivity contribution in [2.75, 3.05) is 0 Å². The predicted molar refractivity (Wildman–Crippen MR) is 80.6 cm³/mol. The lowest BCUT2D eigenvalue weighted by atomic mass is 10.0. The zero-order chi connectivity index (χ0) is 13.9. The molecule has 98 valence electrons. The molecule has 0 fully saturated rings. The Balaban J connectivity index is 1.90. The first kappa shape index (κ1) is 12.4. The summed E-state index contributed by atoms with van der Waals surface area (Å²) in [4.78, 5) is 16.5. The number of carbonyl (C=O) groups is 1. The second kappa shape index (κ2) is 5.13. The van der Waals surface area contributed by atoms with Gasteiger partial charge in [0.25, 0.3) is 0 Å². The van der Waals surface area contributed by atoms with Crippen molar-refractivity contribution >= 4 is 22.6 Å². The number of benzene rings is 2. The minimum absolute atomic E-state index is 0.0665. The average Bonchev–Trinajstić information content (AvgIpc) is 2.94. The monoisotopic (exact) mass is 262 g/mol. The number of aromatic nitrogens is 2. The maximum atomic E-state index is 12.3. The summed E-state index contributed by atoms with van der Waals surface area (Å²) in [6.07, 6.45) is 5.11. The largest absolute Gasteiger partial charge is 0.324 e. The van der Waals surface area contributed by atoms with Crippen LogP contribution in [0, 0.1) is 0 Å². The molecule has 1 heterocycles. The number of hydrogen-bond acceptors (Lipinski definition) is 2. The molecule has 0 unspecified atom stereocenters. The minimum Gasteiger partial charge on any atom is -0.324 e. The zero-order valence-corrected chi connectivity index (χ0v) is 11.0. The molecule has 0 radical (unpaired) electrons. The van der Waals surface area contributed by atoms with E-state index in [1.165, 1.54) is 0 Å². The molecule has 0 saturated heterocycles. The van der Waals surface area contributed by atoms with Gasteiger partial charge in [-0.2, -0.15) is 0 Å². The Morgan fingerprint density at radius 3 is 2.80 bits per heavy atom. The third-order valence-corrected chi connectivity index (χ3v) is 3.32. The highest BCUT2D eigenvalue weighted by Crippen LogP contribution is 2.16. The van der Waals surface area contributed by atoms with E-state index < -0.39 is 0 Å². The molecule has 0 spiro atoms. The summed E-state index contributed by atoms with van der Waals surface area (Å²) >= 11 is 0. The topological polar surface area (TPSA) is 34.9 Å². The Kier molecular flexibility index (Phi) is 3.17. The highest BCUT2D eigenvalue weighted by atomic mass is 16.1. The minimum atomic E-state index is 0.0665. The first-order chi connectivity index (χ1) is 9.78. The lowest BCUT2D eigenvalue weighted by Gasteiger charge is -2.06. The number of rotatable bonds is 4. The molecule has 20 heavy (non-hydrogen) atoms. The fourth-order valence-electron chi connectivity index (χ4n) is 2.25. The van der Waals surface area contributed by atoms with Crippen LogP contribution < -0.4 is 0 Å². The van der Waals surface area contributed by atoms with Gasteiger partial charge in [0.1, 0.15) is 5.82 Å². The first-order valence-corrected chi connectivity index (χ1v) is 6.43. The second-order valence-corrected chi connectivity index (χ2v) is 4.60. The van der Waals surface area contributed by atoms with E-state index in [4.69, 9.17) is 0 Å². The summed E-state index contributed by atoms with van der Waals surface area (Å²) in [7, 11) is 0. The van der Waals surface area contributed by atoms with Gasteiger partial charge in [0, 0.05) is 18.0 Å². The third-order valence-electron chi connectivity index (χ3n) is 3.32. The molecule has 0 N–H and O–H groups in total. The molecular weight excluding hydrogens is 248 g/mol. The molecule has 3 nitrogen and oxygen atoms in total. The third kappa shape index (κ3) is 2.26. The van der Waals surface area contributed by atoms with Crippen molar-refractivity contribution in [3.8, 4) is 0 Å². The van der Waals surface area contributed by atoms with Crippen LogP contribution in [0.15, 0.2) is 61.4 Å². The SMILES string of the molecule is C=Cc1nccn1CC(=O)c1ccc2ccccc2c1. The van der Waals surface area contributed by atoms with Crippen molar-refractivity contribution in [2.24, 2.45) is 0 Å². The number of carbonyl (C=O) groups excluding carboxylic acids is 1. The van der Waals surface area contributed by atoms with Gasteiger partial charge in [-0.1, -0.05) is 43.0 Å². The second-order valence-electron chi connectivity index (χ2n) is 4.60. The van der Waals surface area contributed by atoms with Crippen molar-refractivity contribution in [1.82, 2.24) is 9.55 Å². The zero-order valence-electron chi connectivity index (χ0n) is 11.0. The van der Waals surface area contributed by atoms with Gasteiger partial charge in [-0.05, 0) is 22.9 Å². The fraction of sp³-hybridized carbons (Fsp3) is 0.0588. The molecule has 0 atom stereocenters. The Labute approximate surface area is 117 Å². The number of fused-ring (bicyclic) bond motifs is 1. The van der Waals surface area contributed by atoms with Gasteiger partial charge in [-0.3, -0.25) is 4.79 Å². The summed E-state index contributed by atoms with van der Waals surface area (Å²) in [6, 6.07) is 13.8. The molecule has 3 heteroatoms. The summed E-state index contributed by atoms with van der Waals surface area (Å²) in [5.74, 6) is 0.774. The van der Waals surface area contributed by atoms with Crippen molar-refractivity contribution < 1.29 is 4.79 Å². The van der Waals surface area contributed by atoms with Crippen molar-refractivity contribution in [3.63, 3.8) is 0 Å². The van der Waals surface area contributed by atoms with Crippen LogP contribution in [0.2, 0.25) is 0 Å². The Morgan fingerprint density at radius 1 is 1.20 bits per heavy atom. The van der Waals surface area contributed by atoms with Crippen LogP contribution in [0.25, 0.3) is 16.8 Å². The van der Waals surface area contributed by atoms with Gasteiger partial charge in [0.05, 0.1) is 6.54 Å². The average molecular weight is 262 g/mol. The molecule has 3 rings (SSSR count). The predicted octanol–water partition coefficient (Wildman–Crippen LogP) is 3.56. The van der Waals surface area contributed by atoms with Gasteiger partial charge in [0.15, 0.2) is 5.78 Å². The first-order valence-electron chi connectivity index (χ1n) is 6.43. The van der Waals surface area contributed by atoms with E-state index in [9.17, 15) is 4.79 Å². The lowest BCUT2D eigenvalue weighted by Crippen LogP contribution is -2.11. The van der Waals surface area contributed by atoms with E-state index in [1.54, 1.807) is 23.0 Å². The van der Waals surface area contributed by atoms with Gasteiger partial charge >= 0.3 is 0 Å². The number of Topliss-reactive ketones (excluding diaryl/α,β-unsaturated/α-hetero) is 1. The summed E-state index contributed by atoms with van der Waals surface area (Å²) in [6.45, 7) is 3.97. The normalized spacial score (nSPS) is 10.6. The highest BCUT2D eigenvalue weighted by molar-refractivity contribution is 5.99. The van der Waals surface area contributed by atoms with Crippen LogP contribution in [0.4, 0.5) is 0 Å². The van der Waals surface area contributed by atoms with Crippen LogP contribution in [-0.2, 0) is 6.54 Å². The summed E-state index contributed by atoms with van der Waals surface area (Å²) in [5.41, 5.74) is 0.715. The lowest BCUT2D eigenvalue weighted by molar-refractivity contribution is 0.0972. The number of imidazole rings is 1. The molecule has 0 aliphatic heterocycles. The van der Waals surface area contributed by atoms with Crippen molar-refractivity contribution in [1.29, 1.82) is 0 Å². The maximum absolute atomic E-state index is 12.3. The van der Waals surface area contributed by atoms with Gasteiger partial charge < -0.3 is 4.57 Å². The Hall–Kier alpha value is -2.68. The van der Waals surface area contributed by atoms with Crippen LogP contribution >= 0.6 is 0 Å². The highest BCUT2D eigenvalue weighted by Gasteiger charge is 2.09. The molecule has 0 aliphatic carbocycles. The van der Waals surface area contributed by atoms with Gasteiger partial charge in [0.2, 0.25) is 0 Å². The molecule has 0 saturated carbocycles.